The van der Waals surface area contributed by atoms with E-state index in [1.807, 2.05) is 0 Å². The predicted octanol–water partition coefficient (Wildman–Crippen LogP) is 3.69. The van der Waals surface area contributed by atoms with Crippen molar-refractivity contribution >= 4 is 0 Å². The van der Waals surface area contributed by atoms with Gasteiger partial charge in [-0.05, 0) is 44.1 Å². The second-order valence-corrected chi connectivity index (χ2v) is 5.93. The maximum absolute atomic E-state index is 2.81. The summed E-state index contributed by atoms with van der Waals surface area (Å²) < 4.78 is 0. The number of hydrogen-bond acceptors (Lipinski definition) is 1. The van der Waals surface area contributed by atoms with E-state index >= 15 is 0 Å². The van der Waals surface area contributed by atoms with E-state index in [0.717, 1.165) is 17.9 Å². The van der Waals surface area contributed by atoms with Crippen molar-refractivity contribution in [2.24, 2.45) is 11.8 Å². The van der Waals surface area contributed by atoms with Crippen LogP contribution in [0.25, 0.3) is 0 Å². The van der Waals surface area contributed by atoms with Crippen molar-refractivity contribution in [3.05, 3.63) is 0 Å². The Hall–Kier alpha value is -0.0400. The van der Waals surface area contributed by atoms with Gasteiger partial charge in [0.25, 0.3) is 0 Å². The Kier molecular flexibility index (Phi) is 4.07. The van der Waals surface area contributed by atoms with Gasteiger partial charge < -0.3 is 4.90 Å². The fourth-order valence-corrected chi connectivity index (χ4v) is 3.36. The van der Waals surface area contributed by atoms with Crippen molar-refractivity contribution in [2.75, 3.05) is 13.1 Å². The third kappa shape index (κ3) is 2.96. The molecule has 88 valence electrons. The molecule has 0 aromatic carbocycles. The van der Waals surface area contributed by atoms with Crippen molar-refractivity contribution in [1.82, 2.24) is 4.90 Å². The SMILES string of the molecule is CC(C)C1CCCN(C2CCCCC2)C1. The molecule has 1 saturated heterocycles. The monoisotopic (exact) mass is 209 g/mol. The molecule has 1 heterocycles. The van der Waals surface area contributed by atoms with Gasteiger partial charge in [-0.25, -0.2) is 0 Å². The molecule has 0 amide bonds. The Bertz CT molecular complexity index is 182. The lowest BCUT2D eigenvalue weighted by molar-refractivity contribution is 0.0823. The van der Waals surface area contributed by atoms with Gasteiger partial charge in [0, 0.05) is 12.6 Å². The molecule has 0 aromatic rings. The summed E-state index contributed by atoms with van der Waals surface area (Å²) in [6.45, 7) is 7.57. The lowest BCUT2D eigenvalue weighted by Crippen LogP contribution is -2.44. The summed E-state index contributed by atoms with van der Waals surface area (Å²) in [6, 6.07) is 0.945. The average Bonchev–Trinajstić information content (AvgIpc) is 2.30. The summed E-state index contributed by atoms with van der Waals surface area (Å²) in [5.41, 5.74) is 0. The lowest BCUT2D eigenvalue weighted by atomic mass is 9.85. The van der Waals surface area contributed by atoms with E-state index in [4.69, 9.17) is 0 Å². The van der Waals surface area contributed by atoms with Gasteiger partial charge in [0.1, 0.15) is 0 Å². The molecule has 1 saturated carbocycles. The van der Waals surface area contributed by atoms with Gasteiger partial charge in [-0.1, -0.05) is 33.1 Å². The van der Waals surface area contributed by atoms with Crippen molar-refractivity contribution in [1.29, 1.82) is 0 Å². The summed E-state index contributed by atoms with van der Waals surface area (Å²) >= 11 is 0. The Labute approximate surface area is 95.2 Å². The molecule has 2 fully saturated rings. The van der Waals surface area contributed by atoms with Gasteiger partial charge in [0.15, 0.2) is 0 Å². The molecule has 0 radical (unpaired) electrons. The summed E-state index contributed by atoms with van der Waals surface area (Å²) in [6.07, 6.45) is 10.3. The van der Waals surface area contributed by atoms with Crippen molar-refractivity contribution in [3.8, 4) is 0 Å². The minimum Gasteiger partial charge on any atom is -0.300 e. The average molecular weight is 209 g/mol. The van der Waals surface area contributed by atoms with E-state index in [1.165, 1.54) is 58.0 Å². The summed E-state index contributed by atoms with van der Waals surface area (Å²) in [7, 11) is 0. The minimum absolute atomic E-state index is 0.886. The van der Waals surface area contributed by atoms with Crippen LogP contribution in [0.4, 0.5) is 0 Å². The highest BCUT2D eigenvalue weighted by Crippen LogP contribution is 2.29. The Morgan fingerprint density at radius 2 is 1.67 bits per heavy atom. The van der Waals surface area contributed by atoms with E-state index in [-0.39, 0.29) is 0 Å². The summed E-state index contributed by atoms with van der Waals surface area (Å²) in [4.78, 5) is 2.81. The van der Waals surface area contributed by atoms with E-state index in [9.17, 15) is 0 Å². The molecular formula is C14H27N. The molecule has 1 unspecified atom stereocenters. The molecule has 1 atom stereocenters. The van der Waals surface area contributed by atoms with Crippen LogP contribution in [0.15, 0.2) is 0 Å². The number of hydrogen-bond donors (Lipinski definition) is 0. The first-order valence-corrected chi connectivity index (χ1v) is 7.01. The predicted molar refractivity (Wildman–Crippen MR) is 66.0 cm³/mol. The van der Waals surface area contributed by atoms with E-state index in [1.54, 1.807) is 0 Å². The van der Waals surface area contributed by atoms with Gasteiger partial charge in [-0.3, -0.25) is 0 Å². The van der Waals surface area contributed by atoms with Crippen LogP contribution in [0.5, 0.6) is 0 Å². The Morgan fingerprint density at radius 1 is 0.933 bits per heavy atom. The third-order valence-electron chi connectivity index (χ3n) is 4.52. The Balaban J connectivity index is 1.85. The smallest absolute Gasteiger partial charge is 0.00953 e. The van der Waals surface area contributed by atoms with Gasteiger partial charge in [-0.2, -0.15) is 0 Å². The van der Waals surface area contributed by atoms with Gasteiger partial charge in [0.05, 0.1) is 0 Å². The van der Waals surface area contributed by atoms with Crippen LogP contribution in [0.2, 0.25) is 0 Å². The minimum atomic E-state index is 0.886. The molecule has 0 N–H and O–H groups in total. The lowest BCUT2D eigenvalue weighted by Gasteiger charge is -2.41. The van der Waals surface area contributed by atoms with Crippen LogP contribution in [0, 0.1) is 11.8 Å². The fourth-order valence-electron chi connectivity index (χ4n) is 3.36. The molecule has 0 bridgehead atoms. The van der Waals surface area contributed by atoms with Gasteiger partial charge in [0.2, 0.25) is 0 Å². The highest BCUT2D eigenvalue weighted by Gasteiger charge is 2.27. The second kappa shape index (κ2) is 5.34. The van der Waals surface area contributed by atoms with E-state index in [2.05, 4.69) is 18.7 Å². The molecule has 1 heteroatoms. The standard InChI is InChI=1S/C14H27N/c1-12(2)13-7-6-10-15(11-13)14-8-4-3-5-9-14/h12-14H,3-11H2,1-2H3. The van der Waals surface area contributed by atoms with Crippen LogP contribution in [0.3, 0.4) is 0 Å². The van der Waals surface area contributed by atoms with E-state index < -0.39 is 0 Å². The van der Waals surface area contributed by atoms with E-state index in [0.29, 0.717) is 0 Å². The number of nitrogens with zero attached hydrogens (tertiary/aromatic N) is 1. The summed E-state index contributed by atoms with van der Waals surface area (Å²) in [5.74, 6) is 1.86. The molecule has 1 nitrogen and oxygen atoms in total. The molecule has 15 heavy (non-hydrogen) atoms. The number of rotatable bonds is 2. The first-order chi connectivity index (χ1) is 7.27. The number of piperidine rings is 1. The second-order valence-electron chi connectivity index (χ2n) is 5.93. The zero-order valence-electron chi connectivity index (χ0n) is 10.5. The topological polar surface area (TPSA) is 3.24 Å². The van der Waals surface area contributed by atoms with Crippen LogP contribution in [0.1, 0.15) is 58.8 Å². The molecule has 1 aliphatic carbocycles. The largest absolute Gasteiger partial charge is 0.300 e. The van der Waals surface area contributed by atoms with Crippen LogP contribution >= 0.6 is 0 Å². The maximum atomic E-state index is 2.81. The zero-order valence-corrected chi connectivity index (χ0v) is 10.5. The molecule has 0 spiro atoms. The molecular weight excluding hydrogens is 182 g/mol. The Morgan fingerprint density at radius 3 is 2.33 bits per heavy atom. The zero-order chi connectivity index (χ0) is 10.7. The van der Waals surface area contributed by atoms with Gasteiger partial charge in [-0.15, -0.1) is 0 Å². The fraction of sp³-hybridized carbons (Fsp3) is 1.00. The maximum Gasteiger partial charge on any atom is 0.00953 e. The van der Waals surface area contributed by atoms with Crippen molar-refractivity contribution < 1.29 is 0 Å². The quantitative estimate of drug-likeness (QED) is 0.670. The third-order valence-corrected chi connectivity index (χ3v) is 4.52. The van der Waals surface area contributed by atoms with Gasteiger partial charge >= 0.3 is 0 Å². The first-order valence-electron chi connectivity index (χ1n) is 7.01. The number of likely N-dealkylation sites (tertiary alicyclic amines) is 1. The van der Waals surface area contributed by atoms with Crippen LogP contribution in [-0.4, -0.2) is 24.0 Å². The normalized spacial score (nSPS) is 31.0. The molecule has 1 aliphatic heterocycles. The van der Waals surface area contributed by atoms with Crippen molar-refractivity contribution in [3.63, 3.8) is 0 Å². The molecule has 0 aromatic heterocycles. The summed E-state index contributed by atoms with van der Waals surface area (Å²) in [5, 5.41) is 0. The highest BCUT2D eigenvalue weighted by atomic mass is 15.2. The first kappa shape index (κ1) is 11.4. The van der Waals surface area contributed by atoms with Crippen LogP contribution in [-0.2, 0) is 0 Å². The molecule has 2 rings (SSSR count). The van der Waals surface area contributed by atoms with Crippen LogP contribution < -0.4 is 0 Å². The molecule has 2 aliphatic rings. The highest BCUT2D eigenvalue weighted by molar-refractivity contribution is 4.82. The van der Waals surface area contributed by atoms with Crippen molar-refractivity contribution in [2.45, 2.75) is 64.8 Å².